The first kappa shape index (κ1) is 22.0. The monoisotopic (exact) mass is 484 g/mol. The Kier molecular flexibility index (Phi) is 5.74. The van der Waals surface area contributed by atoms with Gasteiger partial charge >= 0.3 is 35.0 Å². The van der Waals surface area contributed by atoms with E-state index in [9.17, 15) is 31.0 Å². The Morgan fingerprint density at radius 1 is 0.536 bits per heavy atom. The molecule has 0 aliphatic rings. The summed E-state index contributed by atoms with van der Waals surface area (Å²) in [6, 6.07) is 24.5. The number of hydrogen-bond acceptors (Lipinski definition) is 2. The average molecular weight is 484 g/mol. The summed E-state index contributed by atoms with van der Waals surface area (Å²) in [7, 11) is -0.538. The van der Waals surface area contributed by atoms with Gasteiger partial charge in [-0.15, -0.1) is 0 Å². The summed E-state index contributed by atoms with van der Waals surface area (Å²) in [4.78, 5) is 2.68. The molecule has 0 unspecified atom stereocenters. The van der Waals surface area contributed by atoms with Gasteiger partial charge in [-0.2, -0.15) is 0 Å². The molecule has 0 atom stereocenters. The average Bonchev–Trinajstić information content (AvgIpc) is 2.57. The van der Waals surface area contributed by atoms with Crippen LogP contribution in [-0.2, 0) is 10.9 Å². The maximum Gasteiger partial charge on any atom is 0.208 e. The molecule has 3 rings (SSSR count). The first-order chi connectivity index (χ1) is 12.7. The van der Waals surface area contributed by atoms with Gasteiger partial charge in [0.2, 0.25) is 9.79 Å². The van der Waals surface area contributed by atoms with Gasteiger partial charge in [-0.05, 0) is 36.4 Å². The molecule has 3 aromatic rings. The Hall–Kier alpha value is -2.25. The van der Waals surface area contributed by atoms with Crippen LogP contribution in [0, 0.1) is 0 Å². The molecule has 2 nitrogen and oxygen atoms in total. The Balaban J connectivity index is 0.000000345. The molecule has 0 fully saturated rings. The van der Waals surface area contributed by atoms with Crippen molar-refractivity contribution in [1.82, 2.24) is 0 Å². The standard InChI is InChI=1S/C18H14O2S.AsF6/c19-15-10-4-6-12-17(15)21(14-8-2-1-3-9-14)18-13-7-5-11-16(18)20;2-1(3,4,5,6)7/h1-13H,(H-,19,20);/q;-1/p+1. The Morgan fingerprint density at radius 2 is 0.857 bits per heavy atom. The molecule has 0 amide bonds. The van der Waals surface area contributed by atoms with Crippen LogP contribution in [0.1, 0.15) is 0 Å². The second kappa shape index (κ2) is 7.29. The van der Waals surface area contributed by atoms with Gasteiger partial charge in [-0.1, -0.05) is 42.5 Å². The van der Waals surface area contributed by atoms with Crippen LogP contribution in [0.4, 0.5) is 20.8 Å². The molecule has 0 spiro atoms. The summed E-state index contributed by atoms with van der Waals surface area (Å²) in [5, 5.41) is 20.4. The minimum absolute atomic E-state index is 0.243. The van der Waals surface area contributed by atoms with E-state index in [1.165, 1.54) is 0 Å². The number of rotatable bonds is 3. The number of hydrogen-bond donors (Lipinski definition) is 2. The van der Waals surface area contributed by atoms with Crippen LogP contribution < -0.4 is 0 Å². The van der Waals surface area contributed by atoms with Crippen molar-refractivity contribution in [3.8, 4) is 11.5 Å². The molecular weight excluding hydrogens is 469 g/mol. The Morgan fingerprint density at radius 3 is 1.21 bits per heavy atom. The van der Waals surface area contributed by atoms with Crippen LogP contribution in [0.15, 0.2) is 93.5 Å². The van der Waals surface area contributed by atoms with Gasteiger partial charge in [0.05, 0.1) is 0 Å². The van der Waals surface area contributed by atoms with Crippen LogP contribution >= 0.6 is 0 Å². The molecule has 152 valence electrons. The third kappa shape index (κ3) is 7.78. The van der Waals surface area contributed by atoms with Crippen LogP contribution in [0.25, 0.3) is 0 Å². The summed E-state index contributed by atoms with van der Waals surface area (Å²) in [5.41, 5.74) is 0. The van der Waals surface area contributed by atoms with Crippen LogP contribution in [0.2, 0.25) is 0 Å². The fraction of sp³-hybridized carbons (Fsp3) is 0. The minimum Gasteiger partial charge on any atom is -0.503 e. The third-order valence-corrected chi connectivity index (χ3v) is 5.46. The van der Waals surface area contributed by atoms with E-state index in [4.69, 9.17) is 0 Å². The first-order valence-corrected chi connectivity index (χ1v) is 13.1. The van der Waals surface area contributed by atoms with Crippen LogP contribution in [-0.4, -0.2) is 24.4 Å². The summed E-state index contributed by atoms with van der Waals surface area (Å²) < 4.78 is 59.4. The maximum atomic E-state index is 10.2. The van der Waals surface area contributed by atoms with Gasteiger partial charge in [0, 0.05) is 0 Å². The van der Waals surface area contributed by atoms with Crippen LogP contribution in [0.5, 0.6) is 11.5 Å². The zero-order chi connectivity index (χ0) is 21.1. The van der Waals surface area contributed by atoms with E-state index < -0.39 is 25.1 Å². The molecule has 2 N–H and O–H groups in total. The van der Waals surface area contributed by atoms with Gasteiger partial charge < -0.3 is 10.2 Å². The van der Waals surface area contributed by atoms with Crippen molar-refractivity contribution in [2.75, 3.05) is 0 Å². The second-order valence-electron chi connectivity index (χ2n) is 5.51. The molecular formula is C18H15AsF6O2S. The maximum absolute atomic E-state index is 11.1. The third-order valence-electron chi connectivity index (χ3n) is 3.15. The minimum atomic E-state index is -11.1. The number of phenolic OH excluding ortho intramolecular Hbond substituents is 2. The SMILES string of the molecule is F[As-](F)(F)(F)(F)F.Oc1ccccc1[S+](c1ccccc1)c1ccccc1O. The van der Waals surface area contributed by atoms with Gasteiger partial charge in [0.15, 0.2) is 16.4 Å². The molecule has 10 heteroatoms. The molecule has 0 aliphatic carbocycles. The van der Waals surface area contributed by atoms with Crippen molar-refractivity contribution in [2.24, 2.45) is 0 Å². The van der Waals surface area contributed by atoms with Crippen molar-refractivity contribution in [1.29, 1.82) is 0 Å². The van der Waals surface area contributed by atoms with E-state index in [0.717, 1.165) is 14.7 Å². The Labute approximate surface area is 161 Å². The number of aromatic hydroxyl groups is 2. The summed E-state index contributed by atoms with van der Waals surface area (Å²) in [5.74, 6) is 0.487. The van der Waals surface area contributed by atoms with Gasteiger partial charge in [-0.3, -0.25) is 0 Å². The first-order valence-electron chi connectivity index (χ1n) is 7.64. The summed E-state index contributed by atoms with van der Waals surface area (Å²) in [6.45, 7) is 0. The fourth-order valence-electron chi connectivity index (χ4n) is 2.19. The molecule has 0 aliphatic heterocycles. The molecule has 0 radical (unpaired) electrons. The number of para-hydroxylation sites is 2. The summed E-state index contributed by atoms with van der Waals surface area (Å²) >= 11 is -11.1. The van der Waals surface area contributed by atoms with Crippen molar-refractivity contribution in [3.63, 3.8) is 0 Å². The van der Waals surface area contributed by atoms with Crippen LogP contribution in [0.3, 0.4) is 0 Å². The van der Waals surface area contributed by atoms with Crippen molar-refractivity contribution in [2.45, 2.75) is 14.7 Å². The molecule has 0 aromatic heterocycles. The van der Waals surface area contributed by atoms with Gasteiger partial charge in [-0.25, -0.2) is 0 Å². The van der Waals surface area contributed by atoms with Crippen molar-refractivity contribution < 1.29 is 31.0 Å². The Bertz CT molecular complexity index is 892. The molecule has 0 saturated heterocycles. The van der Waals surface area contributed by atoms with E-state index >= 15 is 0 Å². The van der Waals surface area contributed by atoms with E-state index in [-0.39, 0.29) is 11.5 Å². The summed E-state index contributed by atoms with van der Waals surface area (Å²) in [6.07, 6.45) is 0. The van der Waals surface area contributed by atoms with Crippen molar-refractivity contribution >= 4 is 25.1 Å². The molecule has 0 saturated carbocycles. The predicted octanol–water partition coefficient (Wildman–Crippen LogP) is 6.33. The van der Waals surface area contributed by atoms with E-state index in [0.29, 0.717) is 0 Å². The van der Waals surface area contributed by atoms with Gasteiger partial charge in [0.25, 0.3) is 0 Å². The molecule has 28 heavy (non-hydrogen) atoms. The van der Waals surface area contributed by atoms with E-state index in [1.807, 2.05) is 54.6 Å². The molecule has 0 heterocycles. The quantitative estimate of drug-likeness (QED) is 0.259. The zero-order valence-corrected chi connectivity index (χ0v) is 16.7. The van der Waals surface area contributed by atoms with Gasteiger partial charge in [0.1, 0.15) is 10.9 Å². The van der Waals surface area contributed by atoms with Crippen molar-refractivity contribution in [3.05, 3.63) is 78.9 Å². The largest absolute Gasteiger partial charge is 0.503 e. The zero-order valence-electron chi connectivity index (χ0n) is 14.0. The molecule has 0 bridgehead atoms. The van der Waals surface area contributed by atoms with E-state index in [2.05, 4.69) is 0 Å². The number of phenols is 2. The normalized spacial score (nSPS) is 13.8. The topological polar surface area (TPSA) is 40.5 Å². The second-order valence-corrected chi connectivity index (χ2v) is 11.5. The van der Waals surface area contributed by atoms with E-state index in [1.54, 1.807) is 24.3 Å². The smallest absolute Gasteiger partial charge is 0.208 e. The predicted molar refractivity (Wildman–Crippen MR) is 97.2 cm³/mol. The number of benzene rings is 3. The number of halogens is 6. The fourth-order valence-corrected chi connectivity index (χ4v) is 4.35. The molecule has 3 aromatic carbocycles.